The molecule has 0 saturated heterocycles. The van der Waals surface area contributed by atoms with Crippen LogP contribution in [0.5, 0.6) is 5.75 Å². The molecule has 0 atom stereocenters. The quantitative estimate of drug-likeness (QED) is 0.266. The van der Waals surface area contributed by atoms with E-state index in [0.29, 0.717) is 30.2 Å². The first kappa shape index (κ1) is 23.7. The Balaban J connectivity index is 2.09. The summed E-state index contributed by atoms with van der Waals surface area (Å²) < 4.78 is 11.9. The molecule has 1 heterocycles. The van der Waals surface area contributed by atoms with Crippen molar-refractivity contribution in [1.29, 1.82) is 0 Å². The third-order valence-corrected chi connectivity index (χ3v) is 6.10. The van der Waals surface area contributed by atoms with Crippen LogP contribution in [0.15, 0.2) is 79.4 Å². The van der Waals surface area contributed by atoms with Gasteiger partial charge in [-0.25, -0.2) is 4.79 Å². The van der Waals surface area contributed by atoms with E-state index in [4.69, 9.17) is 21.1 Å². The van der Waals surface area contributed by atoms with Gasteiger partial charge in [-0.2, -0.15) is 0 Å². The predicted molar refractivity (Wildman–Crippen MR) is 140 cm³/mol. The number of carbonyl (C=O) groups excluding carboxylic acids is 1. The molecular weight excluding hydrogens is 446 g/mol. The highest BCUT2D eigenvalue weighted by Crippen LogP contribution is 2.48. The Hall–Kier alpha value is -3.50. The Morgan fingerprint density at radius 1 is 1.15 bits per heavy atom. The van der Waals surface area contributed by atoms with Gasteiger partial charge in [-0.1, -0.05) is 60.2 Å². The molecule has 0 radical (unpaired) electrons. The van der Waals surface area contributed by atoms with E-state index in [2.05, 4.69) is 17.6 Å². The minimum Gasteiger partial charge on any atom is -0.487 e. The minimum atomic E-state index is -0.353. The first-order valence-electron chi connectivity index (χ1n) is 11.4. The molecule has 1 aliphatic heterocycles. The lowest BCUT2D eigenvalue weighted by Gasteiger charge is -2.31. The Labute approximate surface area is 206 Å². The summed E-state index contributed by atoms with van der Waals surface area (Å²) in [5.41, 5.74) is 5.85. The van der Waals surface area contributed by atoms with E-state index in [1.54, 1.807) is 0 Å². The fourth-order valence-electron chi connectivity index (χ4n) is 4.42. The second-order valence-electron chi connectivity index (χ2n) is 7.98. The van der Waals surface area contributed by atoms with Gasteiger partial charge in [0.25, 0.3) is 0 Å². The number of nitrogens with zero attached hydrogens (tertiary/aromatic N) is 1. The molecule has 0 spiro atoms. The van der Waals surface area contributed by atoms with Gasteiger partial charge in [0.2, 0.25) is 0 Å². The summed E-state index contributed by atoms with van der Waals surface area (Å²) in [6.07, 6.45) is 6.57. The first-order valence-corrected chi connectivity index (χ1v) is 11.8. The highest BCUT2D eigenvalue weighted by molar-refractivity contribution is 6.30. The molecule has 3 aromatic rings. The Morgan fingerprint density at radius 2 is 1.88 bits per heavy atom. The fraction of sp³-hybridized carbons (Fsp3) is 0.207. The van der Waals surface area contributed by atoms with Gasteiger partial charge in [0.1, 0.15) is 12.4 Å². The second kappa shape index (κ2) is 10.6. The number of carbonyl (C=O) groups is 1. The standard InChI is InChI=1S/C29H28ClNO3/c1-4-18-31(23-11-7-6-8-12-23)27-20(3)25(29(32)33-5-2)26(21-14-16-22(30)17-15-21)24-13-9-10-19-34-28(24)27/h4,6-12,14-17H,1,5,13,18-19H2,2-3H3. The summed E-state index contributed by atoms with van der Waals surface area (Å²) in [5, 5.41) is 0.637. The molecule has 1 aliphatic rings. The molecule has 0 aromatic heterocycles. The average Bonchev–Trinajstić information content (AvgIpc) is 3.09. The fourth-order valence-corrected chi connectivity index (χ4v) is 4.54. The zero-order valence-corrected chi connectivity index (χ0v) is 20.3. The van der Waals surface area contributed by atoms with Crippen molar-refractivity contribution in [3.8, 4) is 16.9 Å². The van der Waals surface area contributed by atoms with E-state index in [1.165, 1.54) is 0 Å². The Bertz CT molecular complexity index is 1220. The average molecular weight is 474 g/mol. The molecule has 0 fully saturated rings. The predicted octanol–water partition coefficient (Wildman–Crippen LogP) is 7.31. The van der Waals surface area contributed by atoms with Gasteiger partial charge in [0, 0.05) is 28.4 Å². The molecule has 0 unspecified atom stereocenters. The van der Waals surface area contributed by atoms with Crippen LogP contribution in [0.2, 0.25) is 5.02 Å². The van der Waals surface area contributed by atoms with Crippen LogP contribution < -0.4 is 9.64 Å². The number of hydrogen-bond donors (Lipinski definition) is 0. The number of fused-ring (bicyclic) bond motifs is 1. The second-order valence-corrected chi connectivity index (χ2v) is 8.42. The van der Waals surface area contributed by atoms with E-state index >= 15 is 0 Å². The molecule has 174 valence electrons. The number of allylic oxidation sites excluding steroid dienone is 1. The van der Waals surface area contributed by atoms with Crippen LogP contribution in [0.3, 0.4) is 0 Å². The largest absolute Gasteiger partial charge is 0.487 e. The zero-order valence-electron chi connectivity index (χ0n) is 19.5. The van der Waals surface area contributed by atoms with E-state index in [1.807, 2.05) is 80.6 Å². The number of hydrogen-bond acceptors (Lipinski definition) is 4. The summed E-state index contributed by atoms with van der Waals surface area (Å²) >= 11 is 6.18. The zero-order chi connectivity index (χ0) is 24.1. The van der Waals surface area contributed by atoms with Gasteiger partial charge in [0.15, 0.2) is 0 Å². The third-order valence-electron chi connectivity index (χ3n) is 5.85. The van der Waals surface area contributed by atoms with Gasteiger partial charge in [0.05, 0.1) is 17.9 Å². The molecule has 3 aromatic carbocycles. The topological polar surface area (TPSA) is 38.8 Å². The smallest absolute Gasteiger partial charge is 0.339 e. The van der Waals surface area contributed by atoms with Crippen molar-refractivity contribution >= 4 is 28.9 Å². The number of esters is 1. The molecule has 0 bridgehead atoms. The highest BCUT2D eigenvalue weighted by atomic mass is 35.5. The third kappa shape index (κ3) is 4.59. The van der Waals surface area contributed by atoms with Crippen LogP contribution in [0.1, 0.15) is 28.4 Å². The molecule has 0 aliphatic carbocycles. The molecular formula is C29H28ClNO3. The summed E-state index contributed by atoms with van der Waals surface area (Å²) in [4.78, 5) is 15.6. The van der Waals surface area contributed by atoms with Crippen molar-refractivity contribution in [3.63, 3.8) is 0 Å². The number of para-hydroxylation sites is 1. The van der Waals surface area contributed by atoms with E-state index in [-0.39, 0.29) is 12.6 Å². The van der Waals surface area contributed by atoms with E-state index < -0.39 is 0 Å². The number of ether oxygens (including phenoxy) is 2. The minimum absolute atomic E-state index is 0.288. The number of halogens is 1. The van der Waals surface area contributed by atoms with Gasteiger partial charge >= 0.3 is 5.97 Å². The maximum absolute atomic E-state index is 13.4. The van der Waals surface area contributed by atoms with Crippen LogP contribution >= 0.6 is 11.6 Å². The molecule has 0 saturated carbocycles. The molecule has 5 heteroatoms. The number of anilines is 2. The van der Waals surface area contributed by atoms with Crippen molar-refractivity contribution in [1.82, 2.24) is 0 Å². The summed E-state index contributed by atoms with van der Waals surface area (Å²) in [6, 6.07) is 17.6. The van der Waals surface area contributed by atoms with Crippen LogP contribution in [-0.4, -0.2) is 25.7 Å². The molecule has 34 heavy (non-hydrogen) atoms. The molecule has 4 nitrogen and oxygen atoms in total. The van der Waals surface area contributed by atoms with Crippen molar-refractivity contribution in [2.24, 2.45) is 0 Å². The molecule has 0 N–H and O–H groups in total. The first-order chi connectivity index (χ1) is 16.6. The summed E-state index contributed by atoms with van der Waals surface area (Å²) in [7, 11) is 0. The lowest BCUT2D eigenvalue weighted by atomic mass is 9.87. The van der Waals surface area contributed by atoms with Crippen LogP contribution in [0.25, 0.3) is 11.1 Å². The Kier molecular flexibility index (Phi) is 7.39. The highest BCUT2D eigenvalue weighted by Gasteiger charge is 2.31. The van der Waals surface area contributed by atoms with Crippen LogP contribution in [0, 0.1) is 6.92 Å². The monoisotopic (exact) mass is 473 g/mol. The lowest BCUT2D eigenvalue weighted by Crippen LogP contribution is -2.22. The SMILES string of the molecule is C=CCN(c1ccccc1)c1c(C)c(C(=O)OCC)c(-c2ccc(Cl)cc2)c2c1OCC=CC2. The summed E-state index contributed by atoms with van der Waals surface area (Å²) in [6.45, 7) is 9.05. The maximum atomic E-state index is 13.4. The lowest BCUT2D eigenvalue weighted by molar-refractivity contribution is 0.0526. The summed E-state index contributed by atoms with van der Waals surface area (Å²) in [5.74, 6) is 0.417. The van der Waals surface area contributed by atoms with Gasteiger partial charge in [-0.05, 0) is 55.7 Å². The normalized spacial score (nSPS) is 12.3. The molecule has 4 rings (SSSR count). The van der Waals surface area contributed by atoms with Crippen molar-refractivity contribution in [2.45, 2.75) is 20.3 Å². The molecule has 0 amide bonds. The van der Waals surface area contributed by atoms with Gasteiger partial charge in [-0.15, -0.1) is 6.58 Å². The van der Waals surface area contributed by atoms with Gasteiger partial charge in [-0.3, -0.25) is 0 Å². The van der Waals surface area contributed by atoms with E-state index in [9.17, 15) is 4.79 Å². The van der Waals surface area contributed by atoms with Crippen LogP contribution in [0.4, 0.5) is 11.4 Å². The van der Waals surface area contributed by atoms with E-state index in [0.717, 1.165) is 39.4 Å². The van der Waals surface area contributed by atoms with Crippen LogP contribution in [-0.2, 0) is 11.2 Å². The van der Waals surface area contributed by atoms with Crippen molar-refractivity contribution in [2.75, 3.05) is 24.7 Å². The Morgan fingerprint density at radius 3 is 2.56 bits per heavy atom. The van der Waals surface area contributed by atoms with Crippen molar-refractivity contribution in [3.05, 3.63) is 101 Å². The van der Waals surface area contributed by atoms with Gasteiger partial charge < -0.3 is 14.4 Å². The van der Waals surface area contributed by atoms with Crippen molar-refractivity contribution < 1.29 is 14.3 Å². The number of benzene rings is 3. The number of rotatable bonds is 7. The maximum Gasteiger partial charge on any atom is 0.339 e.